The number of aromatic nitrogens is 4. The van der Waals surface area contributed by atoms with E-state index in [1.807, 2.05) is 20.5 Å². The van der Waals surface area contributed by atoms with E-state index >= 15 is 0 Å². The molecule has 2 rings (SSSR count). The molecule has 0 aliphatic rings. The molecule has 5 nitrogen and oxygen atoms in total. The van der Waals surface area contributed by atoms with E-state index in [4.69, 9.17) is 23.8 Å². The number of hydrogen-bond donors (Lipinski definition) is 1. The van der Waals surface area contributed by atoms with E-state index in [0.29, 0.717) is 12.2 Å². The Morgan fingerprint density at radius 1 is 1.32 bits per heavy atom. The molecule has 2 aromatic rings. The van der Waals surface area contributed by atoms with Crippen molar-refractivity contribution in [1.82, 2.24) is 19.3 Å². The van der Waals surface area contributed by atoms with Crippen molar-refractivity contribution >= 4 is 33.1 Å². The Morgan fingerprint density at radius 2 is 1.88 bits per heavy atom. The second-order valence-corrected chi connectivity index (χ2v) is 4.96. The Kier molecular flexibility index (Phi) is 10.2. The minimum atomic E-state index is -4.58. The van der Waals surface area contributed by atoms with Gasteiger partial charge in [-0.25, -0.2) is 4.68 Å². The van der Waals surface area contributed by atoms with E-state index in [1.54, 1.807) is 6.92 Å². The zero-order chi connectivity index (χ0) is 19.8. The lowest BCUT2D eigenvalue weighted by molar-refractivity contribution is -0.141. The van der Waals surface area contributed by atoms with Gasteiger partial charge in [0.15, 0.2) is 10.5 Å². The fourth-order valence-electron chi connectivity index (χ4n) is 1.76. The van der Waals surface area contributed by atoms with E-state index in [0.717, 1.165) is 10.7 Å². The van der Waals surface area contributed by atoms with Crippen LogP contribution in [0.1, 0.15) is 32.2 Å². The highest BCUT2D eigenvalue weighted by Crippen LogP contribution is 2.29. The van der Waals surface area contributed by atoms with Gasteiger partial charge in [0.2, 0.25) is 0 Å². The fraction of sp³-hybridized carbons (Fsp3) is 0.500. The van der Waals surface area contributed by atoms with Crippen molar-refractivity contribution < 1.29 is 13.2 Å². The molecular weight excluding hydrogens is 396 g/mol. The molecule has 142 valence electrons. The summed E-state index contributed by atoms with van der Waals surface area (Å²) in [6.07, 6.45) is -4.58. The molecule has 25 heavy (non-hydrogen) atoms. The van der Waals surface area contributed by atoms with Crippen molar-refractivity contribution in [1.29, 1.82) is 0 Å². The van der Waals surface area contributed by atoms with E-state index < -0.39 is 11.9 Å². The van der Waals surface area contributed by atoms with Crippen molar-refractivity contribution in [2.24, 2.45) is 0 Å². The van der Waals surface area contributed by atoms with Gasteiger partial charge in [0, 0.05) is 24.4 Å². The Hall–Kier alpha value is -1.18. The van der Waals surface area contributed by atoms with Gasteiger partial charge in [0.1, 0.15) is 5.15 Å². The number of nitrogens with one attached hydrogen (secondary N) is 1. The topological polar surface area (TPSA) is 55.6 Å². The van der Waals surface area contributed by atoms with Crippen LogP contribution in [0.2, 0.25) is 5.15 Å². The molecule has 1 unspecified atom stereocenters. The minimum Gasteiger partial charge on any atom is -0.334 e. The summed E-state index contributed by atoms with van der Waals surface area (Å²) in [5.74, 6) is 0. The number of hydrogen-bond acceptors (Lipinski definition) is 3. The van der Waals surface area contributed by atoms with E-state index in [9.17, 15) is 18.0 Å². The highest BCUT2D eigenvalue weighted by Gasteiger charge is 2.34. The molecule has 1 atom stereocenters. The van der Waals surface area contributed by atoms with Crippen molar-refractivity contribution in [3.63, 3.8) is 0 Å². The third-order valence-corrected chi connectivity index (χ3v) is 3.36. The number of rotatable bonds is 3. The standard InChI is InChI=1S/C11H10ClF3N4OS.C2H6.CH5P/c1-2-18-9(20)3-6(16-10(18)21)5-19-8(12)4-7(17-19)11(13,14)15;2*1-2/h3-4H,2,5H2,1H3,(H,16,21);1-2H3;2H2,1H3. The van der Waals surface area contributed by atoms with Crippen molar-refractivity contribution in [3.8, 4) is 0 Å². The molecule has 2 aromatic heterocycles. The maximum absolute atomic E-state index is 12.5. The van der Waals surface area contributed by atoms with E-state index in [2.05, 4.69) is 19.3 Å². The number of alkyl halides is 3. The lowest BCUT2D eigenvalue weighted by Crippen LogP contribution is -2.22. The Bertz CT molecular complexity index is 754. The lowest BCUT2D eigenvalue weighted by Gasteiger charge is -2.07. The number of nitrogens with zero attached hydrogens (tertiary/aromatic N) is 3. The zero-order valence-electron chi connectivity index (χ0n) is 14.3. The monoisotopic (exact) mass is 416 g/mol. The van der Waals surface area contributed by atoms with Crippen LogP contribution >= 0.6 is 33.1 Å². The van der Waals surface area contributed by atoms with Crippen molar-refractivity contribution in [2.45, 2.75) is 40.0 Å². The molecule has 0 fully saturated rings. The molecule has 0 saturated carbocycles. The summed E-state index contributed by atoms with van der Waals surface area (Å²) in [5, 5.41) is 3.20. The summed E-state index contributed by atoms with van der Waals surface area (Å²) >= 11 is 10.7. The Balaban J connectivity index is 0.00000134. The quantitative estimate of drug-likeness (QED) is 0.597. The Morgan fingerprint density at radius 3 is 2.28 bits per heavy atom. The highest BCUT2D eigenvalue weighted by atomic mass is 35.5. The maximum Gasteiger partial charge on any atom is 0.435 e. The normalized spacial score (nSPS) is 10.4. The van der Waals surface area contributed by atoms with Gasteiger partial charge in [0.25, 0.3) is 5.56 Å². The molecule has 0 spiro atoms. The van der Waals surface area contributed by atoms with Crippen LogP contribution in [0, 0.1) is 4.77 Å². The summed E-state index contributed by atoms with van der Waals surface area (Å²) in [6, 6.07) is 1.98. The largest absolute Gasteiger partial charge is 0.435 e. The average Bonchev–Trinajstić information content (AvgIpc) is 2.92. The molecule has 0 aromatic carbocycles. The van der Waals surface area contributed by atoms with Crippen LogP contribution < -0.4 is 5.56 Å². The van der Waals surface area contributed by atoms with Gasteiger partial charge in [0.05, 0.1) is 6.54 Å². The first-order valence-corrected chi connectivity index (χ1v) is 9.37. The van der Waals surface area contributed by atoms with Crippen LogP contribution in [0.5, 0.6) is 0 Å². The van der Waals surface area contributed by atoms with Crippen LogP contribution in [0.15, 0.2) is 16.9 Å². The third-order valence-electron chi connectivity index (χ3n) is 2.73. The molecule has 0 bridgehead atoms. The fourth-order valence-corrected chi connectivity index (χ4v) is 2.31. The smallest absolute Gasteiger partial charge is 0.334 e. The first-order chi connectivity index (χ1) is 11.7. The number of H-pyrrole nitrogens is 1. The maximum atomic E-state index is 12.5. The Labute approximate surface area is 156 Å². The lowest BCUT2D eigenvalue weighted by atomic mass is 10.4. The highest BCUT2D eigenvalue weighted by molar-refractivity contribution is 7.71. The molecule has 11 heteroatoms. The van der Waals surface area contributed by atoms with Gasteiger partial charge < -0.3 is 4.98 Å². The van der Waals surface area contributed by atoms with Crippen LogP contribution in [-0.2, 0) is 19.3 Å². The molecule has 0 saturated heterocycles. The first-order valence-electron chi connectivity index (χ1n) is 7.43. The van der Waals surface area contributed by atoms with Gasteiger partial charge in [-0.05, 0) is 19.1 Å². The van der Waals surface area contributed by atoms with Gasteiger partial charge in [-0.15, -0.1) is 9.24 Å². The first kappa shape index (κ1) is 23.8. The molecule has 0 aliphatic carbocycles. The summed E-state index contributed by atoms with van der Waals surface area (Å²) < 4.78 is 40.1. The molecule has 2 heterocycles. The van der Waals surface area contributed by atoms with Crippen LogP contribution in [0.3, 0.4) is 0 Å². The minimum absolute atomic E-state index is 0.113. The van der Waals surface area contributed by atoms with Crippen LogP contribution in [0.4, 0.5) is 13.2 Å². The summed E-state index contributed by atoms with van der Waals surface area (Å²) in [5.41, 5.74) is -1.10. The number of aromatic amines is 1. The van der Waals surface area contributed by atoms with Crippen molar-refractivity contribution in [2.75, 3.05) is 6.66 Å². The SMILES string of the molecule is CC.CCn1c(=O)cc(Cn2nc(C(F)(F)F)cc2Cl)[nH]c1=S.CP. The number of halogens is 4. The molecular formula is C14H21ClF3N4OPS. The van der Waals surface area contributed by atoms with Gasteiger partial charge in [-0.2, -0.15) is 18.3 Å². The molecule has 0 aliphatic heterocycles. The van der Waals surface area contributed by atoms with E-state index in [-0.39, 0.29) is 22.0 Å². The predicted octanol–water partition coefficient (Wildman–Crippen LogP) is 4.36. The second kappa shape index (κ2) is 10.7. The van der Waals surface area contributed by atoms with Gasteiger partial charge in [-0.3, -0.25) is 9.36 Å². The summed E-state index contributed by atoms with van der Waals surface area (Å²) in [6.45, 7) is 7.96. The zero-order valence-corrected chi connectivity index (χ0v) is 17.0. The molecule has 0 amide bonds. The second-order valence-electron chi connectivity index (χ2n) is 4.19. The van der Waals surface area contributed by atoms with Crippen LogP contribution in [-0.4, -0.2) is 26.0 Å². The average molecular weight is 417 g/mol. The van der Waals surface area contributed by atoms with Crippen LogP contribution in [0.25, 0.3) is 0 Å². The predicted molar refractivity (Wildman–Crippen MR) is 99.9 cm³/mol. The van der Waals surface area contributed by atoms with E-state index in [1.165, 1.54) is 10.6 Å². The summed E-state index contributed by atoms with van der Waals surface area (Å²) in [4.78, 5) is 14.5. The summed E-state index contributed by atoms with van der Waals surface area (Å²) in [7, 11) is 2.42. The molecule has 0 radical (unpaired) electrons. The van der Waals surface area contributed by atoms with Gasteiger partial charge in [-0.1, -0.05) is 32.1 Å². The third kappa shape index (κ3) is 6.56. The molecule has 1 N–H and O–H groups in total. The van der Waals surface area contributed by atoms with Gasteiger partial charge >= 0.3 is 6.18 Å². The van der Waals surface area contributed by atoms with Crippen molar-refractivity contribution in [3.05, 3.63) is 43.8 Å².